The van der Waals surface area contributed by atoms with Gasteiger partial charge in [0.1, 0.15) is 11.4 Å². The third-order valence-corrected chi connectivity index (χ3v) is 5.15. The SMILES string of the molecule is O=C1NC(=O)/C(=C/c2cnn3c(NC4CC4)nc(Oc4ccc(-n5ccnc5)cc4)nc23)N1. The molecule has 1 aliphatic heterocycles. The number of urea groups is 1. The van der Waals surface area contributed by atoms with Crippen molar-refractivity contribution in [2.24, 2.45) is 0 Å². The van der Waals surface area contributed by atoms with Crippen molar-refractivity contribution in [1.82, 2.24) is 39.8 Å². The first-order chi connectivity index (χ1) is 16.1. The van der Waals surface area contributed by atoms with E-state index in [1.807, 2.05) is 35.0 Å². The number of amides is 3. The Bertz CT molecular complexity index is 1400. The molecule has 1 saturated carbocycles. The topological polar surface area (TPSA) is 140 Å². The molecule has 3 aromatic heterocycles. The number of carbonyl (C=O) groups excluding carboxylic acids is 2. The molecule has 164 valence electrons. The lowest BCUT2D eigenvalue weighted by atomic mass is 10.2. The number of imidazole rings is 1. The summed E-state index contributed by atoms with van der Waals surface area (Å²) in [5, 5.41) is 12.3. The molecule has 0 atom stereocenters. The van der Waals surface area contributed by atoms with E-state index in [4.69, 9.17) is 4.74 Å². The molecule has 1 saturated heterocycles. The molecular weight excluding hydrogens is 426 g/mol. The molecular formula is C21H17N9O3. The second-order valence-corrected chi connectivity index (χ2v) is 7.62. The van der Waals surface area contributed by atoms with Crippen molar-refractivity contribution < 1.29 is 14.3 Å². The van der Waals surface area contributed by atoms with Crippen LogP contribution >= 0.6 is 0 Å². The maximum Gasteiger partial charge on any atom is 0.327 e. The van der Waals surface area contributed by atoms with E-state index in [0.717, 1.165) is 18.5 Å². The predicted molar refractivity (Wildman–Crippen MR) is 116 cm³/mol. The van der Waals surface area contributed by atoms with E-state index in [-0.39, 0.29) is 11.7 Å². The molecule has 2 fully saturated rings. The van der Waals surface area contributed by atoms with Crippen LogP contribution in [0, 0.1) is 0 Å². The third-order valence-electron chi connectivity index (χ3n) is 5.15. The molecule has 1 aromatic carbocycles. The summed E-state index contributed by atoms with van der Waals surface area (Å²) in [4.78, 5) is 36.4. The summed E-state index contributed by atoms with van der Waals surface area (Å²) in [5.74, 6) is 0.527. The lowest BCUT2D eigenvalue weighted by Crippen LogP contribution is -2.22. The highest BCUT2D eigenvalue weighted by atomic mass is 16.5. The average Bonchev–Trinajstić information content (AvgIpc) is 3.17. The number of anilines is 1. The number of hydrogen-bond donors (Lipinski definition) is 3. The number of nitrogens with zero attached hydrogens (tertiary/aromatic N) is 6. The lowest BCUT2D eigenvalue weighted by Gasteiger charge is -2.10. The Morgan fingerprint density at radius 2 is 1.97 bits per heavy atom. The minimum Gasteiger partial charge on any atom is -0.424 e. The van der Waals surface area contributed by atoms with Gasteiger partial charge in [0.05, 0.1) is 12.5 Å². The molecule has 4 heterocycles. The van der Waals surface area contributed by atoms with Crippen molar-refractivity contribution in [1.29, 1.82) is 0 Å². The van der Waals surface area contributed by atoms with Crippen LogP contribution in [0.5, 0.6) is 11.8 Å². The zero-order chi connectivity index (χ0) is 22.4. The Morgan fingerprint density at radius 1 is 1.12 bits per heavy atom. The minimum absolute atomic E-state index is 0.114. The Morgan fingerprint density at radius 3 is 2.67 bits per heavy atom. The normalized spacial score (nSPS) is 16.8. The number of imide groups is 1. The number of hydrogen-bond acceptors (Lipinski definition) is 8. The van der Waals surface area contributed by atoms with Gasteiger partial charge < -0.3 is 19.9 Å². The van der Waals surface area contributed by atoms with E-state index < -0.39 is 11.9 Å². The first-order valence-corrected chi connectivity index (χ1v) is 10.2. The molecule has 33 heavy (non-hydrogen) atoms. The van der Waals surface area contributed by atoms with Crippen LogP contribution < -0.4 is 20.7 Å². The number of carbonyl (C=O) groups is 2. The zero-order valence-electron chi connectivity index (χ0n) is 17.1. The summed E-state index contributed by atoms with van der Waals surface area (Å²) < 4.78 is 9.37. The summed E-state index contributed by atoms with van der Waals surface area (Å²) in [6.07, 6.45) is 10.4. The molecule has 0 radical (unpaired) electrons. The van der Waals surface area contributed by atoms with E-state index in [1.165, 1.54) is 6.08 Å². The van der Waals surface area contributed by atoms with Crippen molar-refractivity contribution in [2.75, 3.05) is 5.32 Å². The molecule has 12 nitrogen and oxygen atoms in total. The number of ether oxygens (including phenoxy) is 1. The largest absolute Gasteiger partial charge is 0.424 e. The molecule has 4 aromatic rings. The van der Waals surface area contributed by atoms with Gasteiger partial charge in [0.25, 0.3) is 5.91 Å². The van der Waals surface area contributed by atoms with Crippen LogP contribution in [0.3, 0.4) is 0 Å². The maximum atomic E-state index is 11.9. The molecule has 2 aliphatic rings. The minimum atomic E-state index is -0.573. The standard InChI is InChI=1S/C21H17N9O3/c31-18-16(25-20(32)27-18)9-12-10-23-30-17(12)26-21(28-19(30)24-13-1-2-13)33-15-5-3-14(4-6-15)29-8-7-22-11-29/h3-11,13H,1-2H2,(H,24,26,28)(H2,25,27,31,32)/b16-9-. The van der Waals surface area contributed by atoms with Gasteiger partial charge in [-0.15, -0.1) is 0 Å². The lowest BCUT2D eigenvalue weighted by molar-refractivity contribution is -0.115. The average molecular weight is 443 g/mol. The van der Waals surface area contributed by atoms with Gasteiger partial charge in [0, 0.05) is 29.7 Å². The summed E-state index contributed by atoms with van der Waals surface area (Å²) in [7, 11) is 0. The highest BCUT2D eigenvalue weighted by Gasteiger charge is 2.26. The predicted octanol–water partition coefficient (Wildman–Crippen LogP) is 1.86. The number of rotatable bonds is 6. The number of fused-ring (bicyclic) bond motifs is 1. The van der Waals surface area contributed by atoms with Crippen molar-refractivity contribution >= 4 is 29.6 Å². The number of aromatic nitrogens is 6. The molecule has 0 unspecified atom stereocenters. The first kappa shape index (κ1) is 19.0. The van der Waals surface area contributed by atoms with Gasteiger partial charge in [-0.3, -0.25) is 10.1 Å². The second-order valence-electron chi connectivity index (χ2n) is 7.62. The zero-order valence-corrected chi connectivity index (χ0v) is 17.1. The van der Waals surface area contributed by atoms with Gasteiger partial charge in [-0.05, 0) is 43.2 Å². The van der Waals surface area contributed by atoms with Gasteiger partial charge in [-0.25, -0.2) is 9.78 Å². The fourth-order valence-electron chi connectivity index (χ4n) is 3.37. The van der Waals surface area contributed by atoms with Crippen LogP contribution in [0.15, 0.2) is 54.9 Å². The molecule has 0 spiro atoms. The van der Waals surface area contributed by atoms with Crippen LogP contribution in [-0.2, 0) is 4.79 Å². The molecule has 12 heteroatoms. The van der Waals surface area contributed by atoms with E-state index >= 15 is 0 Å². The van der Waals surface area contributed by atoms with Crippen molar-refractivity contribution in [3.8, 4) is 17.4 Å². The van der Waals surface area contributed by atoms with Gasteiger partial charge in [0.15, 0.2) is 5.65 Å². The highest BCUT2D eigenvalue weighted by Crippen LogP contribution is 2.27. The quantitative estimate of drug-likeness (QED) is 0.303. The highest BCUT2D eigenvalue weighted by molar-refractivity contribution is 6.14. The molecule has 6 rings (SSSR count). The number of nitrogens with one attached hydrogen (secondary N) is 3. The summed E-state index contributed by atoms with van der Waals surface area (Å²) in [6.45, 7) is 0. The van der Waals surface area contributed by atoms with Gasteiger partial charge in [-0.1, -0.05) is 0 Å². The molecule has 3 N–H and O–H groups in total. The van der Waals surface area contributed by atoms with Gasteiger partial charge >= 0.3 is 12.0 Å². The summed E-state index contributed by atoms with van der Waals surface area (Å²) >= 11 is 0. The monoisotopic (exact) mass is 443 g/mol. The fourth-order valence-corrected chi connectivity index (χ4v) is 3.37. The second kappa shape index (κ2) is 7.44. The van der Waals surface area contributed by atoms with Gasteiger partial charge in [-0.2, -0.15) is 19.6 Å². The van der Waals surface area contributed by atoms with Crippen molar-refractivity contribution in [2.45, 2.75) is 18.9 Å². The summed E-state index contributed by atoms with van der Waals surface area (Å²) in [5.41, 5.74) is 2.01. The molecule has 1 aliphatic carbocycles. The smallest absolute Gasteiger partial charge is 0.327 e. The van der Waals surface area contributed by atoms with Crippen LogP contribution in [0.2, 0.25) is 0 Å². The number of benzene rings is 1. The van der Waals surface area contributed by atoms with Crippen LogP contribution in [0.1, 0.15) is 18.4 Å². The van der Waals surface area contributed by atoms with E-state index in [1.54, 1.807) is 23.2 Å². The Kier molecular flexibility index (Phi) is 4.28. The van der Waals surface area contributed by atoms with E-state index in [9.17, 15) is 9.59 Å². The Labute approximate surface area is 186 Å². The molecule has 0 bridgehead atoms. The summed E-state index contributed by atoms with van der Waals surface area (Å²) in [6, 6.07) is 7.29. The van der Waals surface area contributed by atoms with Crippen molar-refractivity contribution in [3.05, 3.63) is 60.4 Å². The van der Waals surface area contributed by atoms with Crippen LogP contribution in [0.25, 0.3) is 17.4 Å². The maximum absolute atomic E-state index is 11.9. The van der Waals surface area contributed by atoms with Crippen molar-refractivity contribution in [3.63, 3.8) is 0 Å². The van der Waals surface area contributed by atoms with E-state index in [0.29, 0.717) is 29.0 Å². The van der Waals surface area contributed by atoms with Gasteiger partial charge in [0.2, 0.25) is 5.95 Å². The Hall–Kier alpha value is -4.74. The molecule has 3 amide bonds. The Balaban J connectivity index is 1.35. The van der Waals surface area contributed by atoms with E-state index in [2.05, 4.69) is 36.0 Å². The van der Waals surface area contributed by atoms with Crippen LogP contribution in [0.4, 0.5) is 10.7 Å². The fraction of sp³-hybridized carbons (Fsp3) is 0.143. The third kappa shape index (κ3) is 3.73. The van der Waals surface area contributed by atoms with Crippen LogP contribution in [-0.4, -0.2) is 47.1 Å². The first-order valence-electron chi connectivity index (χ1n) is 10.2.